The van der Waals surface area contributed by atoms with Crippen LogP contribution >= 0.6 is 0 Å². The topological polar surface area (TPSA) is 61.7 Å². The molecule has 0 saturated carbocycles. The fourth-order valence-corrected chi connectivity index (χ4v) is 0.891. The second kappa shape index (κ2) is 5.14. The second-order valence-electron chi connectivity index (χ2n) is 3.45. The van der Waals surface area contributed by atoms with Crippen molar-refractivity contribution >= 4 is 12.1 Å². The maximum atomic E-state index is 11.1. The van der Waals surface area contributed by atoms with Crippen molar-refractivity contribution in [2.24, 2.45) is 11.0 Å². The summed E-state index contributed by atoms with van der Waals surface area (Å²) in [5.41, 5.74) is 2.95. The largest absolute Gasteiger partial charge is 0.507 e. The highest BCUT2D eigenvalue weighted by Gasteiger charge is 2.03. The molecule has 1 rings (SSSR count). The van der Waals surface area contributed by atoms with E-state index in [4.69, 9.17) is 0 Å². The van der Waals surface area contributed by atoms with Gasteiger partial charge in [0.05, 0.1) is 6.21 Å². The zero-order valence-corrected chi connectivity index (χ0v) is 8.77. The van der Waals surface area contributed by atoms with Crippen LogP contribution < -0.4 is 5.43 Å². The molecule has 1 aromatic rings. The number of hydrazone groups is 1. The SMILES string of the molecule is CC(C)C(=O)N/N=C\c1ccccc1O. The maximum absolute atomic E-state index is 11.1. The molecule has 4 heteroatoms. The van der Waals surface area contributed by atoms with Crippen molar-refractivity contribution < 1.29 is 9.90 Å². The van der Waals surface area contributed by atoms with E-state index < -0.39 is 0 Å². The van der Waals surface area contributed by atoms with Gasteiger partial charge in [-0.3, -0.25) is 4.79 Å². The molecule has 0 fully saturated rings. The molecule has 1 amide bonds. The van der Waals surface area contributed by atoms with Crippen molar-refractivity contribution in [3.8, 4) is 5.75 Å². The number of aromatic hydroxyl groups is 1. The van der Waals surface area contributed by atoms with E-state index in [1.165, 1.54) is 6.21 Å². The first kappa shape index (κ1) is 11.2. The number of benzene rings is 1. The Morgan fingerprint density at radius 3 is 2.73 bits per heavy atom. The lowest BCUT2D eigenvalue weighted by molar-refractivity contribution is -0.123. The highest BCUT2D eigenvalue weighted by atomic mass is 16.3. The van der Waals surface area contributed by atoms with Crippen LogP contribution in [-0.2, 0) is 4.79 Å². The van der Waals surface area contributed by atoms with Gasteiger partial charge in [-0.2, -0.15) is 5.10 Å². The number of phenolic OH excluding ortho intramolecular Hbond substituents is 1. The van der Waals surface area contributed by atoms with Crippen molar-refractivity contribution in [2.75, 3.05) is 0 Å². The molecule has 0 unspecified atom stereocenters. The first-order chi connectivity index (χ1) is 7.11. The summed E-state index contributed by atoms with van der Waals surface area (Å²) in [5.74, 6) is -0.117. The zero-order chi connectivity index (χ0) is 11.3. The Kier molecular flexibility index (Phi) is 3.85. The van der Waals surface area contributed by atoms with Crippen molar-refractivity contribution in [2.45, 2.75) is 13.8 Å². The minimum absolute atomic E-state index is 0.105. The normalized spacial score (nSPS) is 10.9. The van der Waals surface area contributed by atoms with Crippen LogP contribution in [0.2, 0.25) is 0 Å². The van der Waals surface area contributed by atoms with E-state index in [2.05, 4.69) is 10.5 Å². The molecule has 4 nitrogen and oxygen atoms in total. The van der Waals surface area contributed by atoms with Gasteiger partial charge in [0.2, 0.25) is 5.91 Å². The van der Waals surface area contributed by atoms with E-state index in [0.29, 0.717) is 5.56 Å². The first-order valence-corrected chi connectivity index (χ1v) is 4.72. The monoisotopic (exact) mass is 206 g/mol. The number of carbonyl (C=O) groups is 1. The minimum atomic E-state index is -0.151. The molecule has 1 aromatic carbocycles. The van der Waals surface area contributed by atoms with E-state index in [-0.39, 0.29) is 17.6 Å². The first-order valence-electron chi connectivity index (χ1n) is 4.72. The Morgan fingerprint density at radius 1 is 1.47 bits per heavy atom. The molecule has 0 radical (unpaired) electrons. The average molecular weight is 206 g/mol. The Hall–Kier alpha value is -1.84. The maximum Gasteiger partial charge on any atom is 0.242 e. The third kappa shape index (κ3) is 3.42. The van der Waals surface area contributed by atoms with Crippen LogP contribution in [0.3, 0.4) is 0 Å². The number of nitrogens with one attached hydrogen (secondary N) is 1. The molecule has 0 aliphatic heterocycles. The van der Waals surface area contributed by atoms with Crippen molar-refractivity contribution in [3.05, 3.63) is 29.8 Å². The van der Waals surface area contributed by atoms with Gasteiger partial charge in [0, 0.05) is 11.5 Å². The van der Waals surface area contributed by atoms with Crippen molar-refractivity contribution in [3.63, 3.8) is 0 Å². The van der Waals surface area contributed by atoms with E-state index in [1.54, 1.807) is 38.1 Å². The highest BCUT2D eigenvalue weighted by molar-refractivity contribution is 5.85. The Morgan fingerprint density at radius 2 is 2.13 bits per heavy atom. The van der Waals surface area contributed by atoms with E-state index in [0.717, 1.165) is 0 Å². The fraction of sp³-hybridized carbons (Fsp3) is 0.273. The molecule has 0 saturated heterocycles. The summed E-state index contributed by atoms with van der Waals surface area (Å²) in [4.78, 5) is 11.1. The van der Waals surface area contributed by atoms with Gasteiger partial charge in [0.1, 0.15) is 5.75 Å². The highest BCUT2D eigenvalue weighted by Crippen LogP contribution is 2.12. The Labute approximate surface area is 88.6 Å². The smallest absolute Gasteiger partial charge is 0.242 e. The van der Waals surface area contributed by atoms with E-state index >= 15 is 0 Å². The number of rotatable bonds is 3. The summed E-state index contributed by atoms with van der Waals surface area (Å²) in [7, 11) is 0. The van der Waals surface area contributed by atoms with Crippen LogP contribution in [0.15, 0.2) is 29.4 Å². The Bertz CT molecular complexity index is 373. The Balaban J connectivity index is 2.59. The zero-order valence-electron chi connectivity index (χ0n) is 8.77. The van der Waals surface area contributed by atoms with Gasteiger partial charge < -0.3 is 5.11 Å². The number of hydrogen-bond acceptors (Lipinski definition) is 3. The van der Waals surface area contributed by atoms with Gasteiger partial charge in [-0.15, -0.1) is 0 Å². The molecule has 0 aliphatic rings. The van der Waals surface area contributed by atoms with Gasteiger partial charge in [0.25, 0.3) is 0 Å². The molecular weight excluding hydrogens is 192 g/mol. The molecule has 0 aromatic heterocycles. The van der Waals surface area contributed by atoms with Crippen molar-refractivity contribution in [1.82, 2.24) is 5.43 Å². The lowest BCUT2D eigenvalue weighted by atomic mass is 10.2. The summed E-state index contributed by atoms with van der Waals surface area (Å²) in [6.45, 7) is 3.57. The van der Waals surface area contributed by atoms with E-state index in [1.807, 2.05) is 0 Å². The van der Waals surface area contributed by atoms with Gasteiger partial charge in [-0.25, -0.2) is 5.43 Å². The quantitative estimate of drug-likeness (QED) is 0.581. The summed E-state index contributed by atoms with van der Waals surface area (Å²) in [6.07, 6.45) is 1.41. The third-order valence-corrected chi connectivity index (χ3v) is 1.84. The molecule has 2 N–H and O–H groups in total. The molecule has 0 bridgehead atoms. The van der Waals surface area contributed by atoms with Crippen LogP contribution in [-0.4, -0.2) is 17.2 Å². The summed E-state index contributed by atoms with van der Waals surface area (Å²) < 4.78 is 0. The standard InChI is InChI=1S/C11H14N2O2/c1-8(2)11(15)13-12-7-9-5-3-4-6-10(9)14/h3-8,14H,1-2H3,(H,13,15)/b12-7-. The fourth-order valence-electron chi connectivity index (χ4n) is 0.891. The lowest BCUT2D eigenvalue weighted by Crippen LogP contribution is -2.22. The average Bonchev–Trinajstić information content (AvgIpc) is 2.20. The molecule has 0 atom stereocenters. The van der Waals surface area contributed by atoms with Crippen LogP contribution in [0.1, 0.15) is 19.4 Å². The number of phenols is 1. The predicted molar refractivity (Wildman–Crippen MR) is 58.7 cm³/mol. The molecule has 80 valence electrons. The second-order valence-corrected chi connectivity index (χ2v) is 3.45. The molecule has 0 aliphatic carbocycles. The van der Waals surface area contributed by atoms with Gasteiger partial charge in [0.15, 0.2) is 0 Å². The number of amides is 1. The van der Waals surface area contributed by atoms with Crippen LogP contribution in [0.25, 0.3) is 0 Å². The minimum Gasteiger partial charge on any atom is -0.507 e. The van der Waals surface area contributed by atoms with Crippen LogP contribution in [0, 0.1) is 5.92 Å². The molecular formula is C11H14N2O2. The van der Waals surface area contributed by atoms with Gasteiger partial charge >= 0.3 is 0 Å². The molecule has 0 spiro atoms. The van der Waals surface area contributed by atoms with Crippen molar-refractivity contribution in [1.29, 1.82) is 0 Å². The predicted octanol–water partition coefficient (Wildman–Crippen LogP) is 1.50. The van der Waals surface area contributed by atoms with Gasteiger partial charge in [-0.1, -0.05) is 26.0 Å². The number of hydrogen-bond donors (Lipinski definition) is 2. The summed E-state index contributed by atoms with van der Waals surface area (Å²) in [6, 6.07) is 6.77. The van der Waals surface area contributed by atoms with Crippen LogP contribution in [0.5, 0.6) is 5.75 Å². The number of carbonyl (C=O) groups excluding carboxylic acids is 1. The molecule has 0 heterocycles. The number of para-hydroxylation sites is 1. The lowest BCUT2D eigenvalue weighted by Gasteiger charge is -2.01. The van der Waals surface area contributed by atoms with Crippen LogP contribution in [0.4, 0.5) is 0 Å². The van der Waals surface area contributed by atoms with Gasteiger partial charge in [-0.05, 0) is 12.1 Å². The molecule has 15 heavy (non-hydrogen) atoms. The summed E-state index contributed by atoms with van der Waals surface area (Å²) in [5, 5.41) is 13.1. The van der Waals surface area contributed by atoms with E-state index in [9.17, 15) is 9.90 Å². The number of nitrogens with zero attached hydrogens (tertiary/aromatic N) is 1. The summed E-state index contributed by atoms with van der Waals surface area (Å²) >= 11 is 0. The third-order valence-electron chi connectivity index (χ3n) is 1.84.